The van der Waals surface area contributed by atoms with Crippen LogP contribution in [0.3, 0.4) is 0 Å². The molecule has 0 spiro atoms. The highest BCUT2D eigenvalue weighted by atomic mass is 14.9. The third-order valence-corrected chi connectivity index (χ3v) is 6.03. The number of aryl methyl sites for hydroxylation is 1. The van der Waals surface area contributed by atoms with Crippen molar-refractivity contribution in [3.8, 4) is 0 Å². The standard InChI is InChI=1S/C16H25N3/c1-10-16(19-9-18-10)8-17-7-15-13-3-11-2-12(5-13)6-14(15)4-11/h9,11-15,17H,2-8H2,1H3,(H,18,19). The third-order valence-electron chi connectivity index (χ3n) is 6.03. The SMILES string of the molecule is Cc1[nH]cnc1CNCC1C2CC3CC(C2)CC1C3. The first-order chi connectivity index (χ1) is 9.29. The van der Waals surface area contributed by atoms with Gasteiger partial charge in [-0.2, -0.15) is 0 Å². The fraction of sp³-hybridized carbons (Fsp3) is 0.812. The Morgan fingerprint density at radius 3 is 2.42 bits per heavy atom. The van der Waals surface area contributed by atoms with Crippen LogP contribution in [0.5, 0.6) is 0 Å². The second kappa shape index (κ2) is 4.62. The quantitative estimate of drug-likeness (QED) is 0.873. The molecule has 104 valence electrons. The molecule has 0 amide bonds. The van der Waals surface area contributed by atoms with Crippen LogP contribution in [0.4, 0.5) is 0 Å². The van der Waals surface area contributed by atoms with Gasteiger partial charge in [0.1, 0.15) is 0 Å². The summed E-state index contributed by atoms with van der Waals surface area (Å²) in [6.45, 7) is 4.24. The first kappa shape index (κ1) is 12.0. The van der Waals surface area contributed by atoms with E-state index in [0.29, 0.717) is 0 Å². The smallest absolute Gasteiger partial charge is 0.0925 e. The number of nitrogens with zero attached hydrogens (tertiary/aromatic N) is 1. The molecule has 4 fully saturated rings. The predicted molar refractivity (Wildman–Crippen MR) is 75.6 cm³/mol. The summed E-state index contributed by atoms with van der Waals surface area (Å²) in [7, 11) is 0. The van der Waals surface area contributed by atoms with E-state index in [0.717, 1.165) is 36.1 Å². The van der Waals surface area contributed by atoms with Crippen LogP contribution in [0.1, 0.15) is 43.5 Å². The van der Waals surface area contributed by atoms with Crippen LogP contribution in [0.2, 0.25) is 0 Å². The molecule has 1 aromatic rings. The molecule has 4 saturated carbocycles. The lowest BCUT2D eigenvalue weighted by molar-refractivity contribution is -0.0355. The first-order valence-corrected chi connectivity index (χ1v) is 7.99. The van der Waals surface area contributed by atoms with E-state index in [1.165, 1.54) is 43.6 Å². The monoisotopic (exact) mass is 259 g/mol. The Morgan fingerprint density at radius 2 is 1.84 bits per heavy atom. The van der Waals surface area contributed by atoms with Crippen LogP contribution in [-0.2, 0) is 6.54 Å². The number of nitrogens with one attached hydrogen (secondary N) is 2. The Bertz CT molecular complexity index is 423. The lowest BCUT2D eigenvalue weighted by atomic mass is 9.52. The lowest BCUT2D eigenvalue weighted by Crippen LogP contribution is -2.48. The van der Waals surface area contributed by atoms with Crippen LogP contribution in [0.15, 0.2) is 6.33 Å². The van der Waals surface area contributed by atoms with E-state index in [-0.39, 0.29) is 0 Å². The third kappa shape index (κ3) is 2.12. The topological polar surface area (TPSA) is 40.7 Å². The minimum absolute atomic E-state index is 0.929. The molecule has 4 bridgehead atoms. The summed E-state index contributed by atoms with van der Waals surface area (Å²) in [4.78, 5) is 7.53. The molecule has 0 atom stereocenters. The van der Waals surface area contributed by atoms with Crippen LogP contribution in [0, 0.1) is 36.5 Å². The van der Waals surface area contributed by atoms with Crippen molar-refractivity contribution in [1.82, 2.24) is 15.3 Å². The predicted octanol–water partition coefficient (Wildman–Crippen LogP) is 2.88. The molecule has 0 radical (unpaired) electrons. The zero-order chi connectivity index (χ0) is 12.8. The Balaban J connectivity index is 1.35. The summed E-state index contributed by atoms with van der Waals surface area (Å²) < 4.78 is 0. The molecule has 19 heavy (non-hydrogen) atoms. The van der Waals surface area contributed by atoms with Crippen molar-refractivity contribution in [2.24, 2.45) is 29.6 Å². The fourth-order valence-electron chi connectivity index (χ4n) is 5.29. The molecule has 0 unspecified atom stereocenters. The number of hydrogen-bond acceptors (Lipinski definition) is 2. The van der Waals surface area contributed by atoms with Gasteiger partial charge in [-0.1, -0.05) is 0 Å². The van der Waals surface area contributed by atoms with E-state index < -0.39 is 0 Å². The number of imidazole rings is 1. The highest BCUT2D eigenvalue weighted by molar-refractivity contribution is 5.08. The first-order valence-electron chi connectivity index (χ1n) is 7.99. The molecule has 0 aromatic carbocycles. The normalized spacial score (nSPS) is 39.9. The Labute approximate surface area is 115 Å². The molecule has 3 heteroatoms. The molecule has 0 saturated heterocycles. The van der Waals surface area contributed by atoms with Crippen molar-refractivity contribution in [3.05, 3.63) is 17.7 Å². The number of rotatable bonds is 4. The highest BCUT2D eigenvalue weighted by Crippen LogP contribution is 2.56. The molecule has 1 aromatic heterocycles. The van der Waals surface area contributed by atoms with Crippen LogP contribution < -0.4 is 5.32 Å². The van der Waals surface area contributed by atoms with Crippen molar-refractivity contribution in [2.45, 2.75) is 45.6 Å². The maximum absolute atomic E-state index is 4.37. The van der Waals surface area contributed by atoms with E-state index in [1.807, 2.05) is 0 Å². The average Bonchev–Trinajstić information content (AvgIpc) is 2.78. The van der Waals surface area contributed by atoms with Gasteiger partial charge in [0.15, 0.2) is 0 Å². The summed E-state index contributed by atoms with van der Waals surface area (Å²) >= 11 is 0. The maximum Gasteiger partial charge on any atom is 0.0925 e. The number of aromatic nitrogens is 2. The summed E-state index contributed by atoms with van der Waals surface area (Å²) in [5, 5.41) is 3.67. The van der Waals surface area contributed by atoms with E-state index in [2.05, 4.69) is 22.2 Å². The highest BCUT2D eigenvalue weighted by Gasteiger charge is 2.47. The van der Waals surface area contributed by atoms with E-state index in [4.69, 9.17) is 0 Å². The largest absolute Gasteiger partial charge is 0.348 e. The van der Waals surface area contributed by atoms with Crippen molar-refractivity contribution in [2.75, 3.05) is 6.54 Å². The minimum Gasteiger partial charge on any atom is -0.348 e. The lowest BCUT2D eigenvalue weighted by Gasteiger charge is -2.54. The summed E-state index contributed by atoms with van der Waals surface area (Å²) in [6.07, 6.45) is 9.47. The molecule has 0 aliphatic heterocycles. The summed E-state index contributed by atoms with van der Waals surface area (Å²) in [5.41, 5.74) is 2.39. The van der Waals surface area contributed by atoms with Gasteiger partial charge in [-0.05, 0) is 75.2 Å². The fourth-order valence-corrected chi connectivity index (χ4v) is 5.29. The average molecular weight is 259 g/mol. The molecular formula is C16H25N3. The van der Waals surface area contributed by atoms with E-state index >= 15 is 0 Å². The van der Waals surface area contributed by atoms with Gasteiger partial charge in [0.05, 0.1) is 12.0 Å². The van der Waals surface area contributed by atoms with Crippen molar-refractivity contribution in [1.29, 1.82) is 0 Å². The molecular weight excluding hydrogens is 234 g/mol. The molecule has 1 heterocycles. The molecule has 5 rings (SSSR count). The van der Waals surface area contributed by atoms with Gasteiger partial charge in [0.2, 0.25) is 0 Å². The minimum atomic E-state index is 0.929. The number of H-pyrrole nitrogens is 1. The second-order valence-electron chi connectivity index (χ2n) is 7.20. The van der Waals surface area contributed by atoms with Crippen molar-refractivity contribution >= 4 is 0 Å². The Morgan fingerprint density at radius 1 is 1.16 bits per heavy atom. The summed E-state index contributed by atoms with van der Waals surface area (Å²) in [6, 6.07) is 0. The van der Waals surface area contributed by atoms with Gasteiger partial charge >= 0.3 is 0 Å². The van der Waals surface area contributed by atoms with Gasteiger partial charge in [-0.25, -0.2) is 4.98 Å². The molecule has 2 N–H and O–H groups in total. The zero-order valence-corrected chi connectivity index (χ0v) is 11.9. The number of hydrogen-bond donors (Lipinski definition) is 2. The van der Waals surface area contributed by atoms with Crippen LogP contribution in [-0.4, -0.2) is 16.5 Å². The maximum atomic E-state index is 4.37. The van der Waals surface area contributed by atoms with Gasteiger partial charge in [-0.15, -0.1) is 0 Å². The van der Waals surface area contributed by atoms with Gasteiger partial charge < -0.3 is 10.3 Å². The Hall–Kier alpha value is -0.830. The zero-order valence-electron chi connectivity index (χ0n) is 11.9. The Kier molecular flexibility index (Phi) is 2.91. The second-order valence-corrected chi connectivity index (χ2v) is 7.20. The van der Waals surface area contributed by atoms with E-state index in [1.54, 1.807) is 12.7 Å². The van der Waals surface area contributed by atoms with Crippen LogP contribution >= 0.6 is 0 Å². The van der Waals surface area contributed by atoms with Gasteiger partial charge in [-0.3, -0.25) is 0 Å². The molecule has 3 nitrogen and oxygen atoms in total. The summed E-state index contributed by atoms with van der Waals surface area (Å²) in [5.74, 6) is 5.19. The van der Waals surface area contributed by atoms with Crippen LogP contribution in [0.25, 0.3) is 0 Å². The van der Waals surface area contributed by atoms with Gasteiger partial charge in [0, 0.05) is 12.2 Å². The van der Waals surface area contributed by atoms with Gasteiger partial charge in [0.25, 0.3) is 0 Å². The van der Waals surface area contributed by atoms with Crippen molar-refractivity contribution < 1.29 is 0 Å². The molecule has 4 aliphatic rings. The van der Waals surface area contributed by atoms with E-state index in [9.17, 15) is 0 Å². The van der Waals surface area contributed by atoms with Crippen molar-refractivity contribution in [3.63, 3.8) is 0 Å². The molecule has 4 aliphatic carbocycles. The number of aromatic amines is 1.